The molecule has 0 saturated carbocycles. The van der Waals surface area contributed by atoms with Crippen molar-refractivity contribution in [1.29, 1.82) is 0 Å². The first-order valence-electron chi connectivity index (χ1n) is 14.4. The second kappa shape index (κ2) is 14.3. The SMILES string of the molecule is Cc1ccc(C(=O)NC2=CCC(C(F)(F)F)=CC(N(C)CCN(C)C)=C2)cc1N(N)/C=C(\N)c1cnn(C)c1-c1ccccc1Cl. The number of nitrogens with two attached hydrogens (primary N) is 2. The van der Waals surface area contributed by atoms with Gasteiger partial charge < -0.3 is 20.9 Å². The lowest BCUT2D eigenvalue weighted by atomic mass is 10.1. The van der Waals surface area contributed by atoms with Crippen LogP contribution in [0.15, 0.2) is 90.1 Å². The molecule has 1 aliphatic carbocycles. The Labute approximate surface area is 271 Å². The number of nitrogens with one attached hydrogen (secondary N) is 1. The lowest BCUT2D eigenvalue weighted by Gasteiger charge is -2.23. The summed E-state index contributed by atoms with van der Waals surface area (Å²) >= 11 is 6.45. The first-order chi connectivity index (χ1) is 21.6. The van der Waals surface area contributed by atoms with Crippen LogP contribution >= 0.6 is 11.6 Å². The first kappa shape index (κ1) is 34.4. The molecular formula is C33H38ClF3N8O. The molecule has 0 radical (unpaired) electrons. The van der Waals surface area contributed by atoms with Gasteiger partial charge in [-0.15, -0.1) is 0 Å². The van der Waals surface area contributed by atoms with Gasteiger partial charge in [0.25, 0.3) is 5.91 Å². The van der Waals surface area contributed by atoms with E-state index in [1.54, 1.807) is 60.2 Å². The number of halogens is 4. The molecule has 5 N–H and O–H groups in total. The Kier molecular flexibility index (Phi) is 10.7. The Balaban J connectivity index is 1.59. The van der Waals surface area contributed by atoms with Crippen molar-refractivity contribution in [3.63, 3.8) is 0 Å². The van der Waals surface area contributed by atoms with Gasteiger partial charge in [-0.2, -0.15) is 18.3 Å². The fourth-order valence-electron chi connectivity index (χ4n) is 4.84. The minimum atomic E-state index is -4.51. The van der Waals surface area contributed by atoms with E-state index in [0.29, 0.717) is 46.5 Å². The molecule has 1 aromatic heterocycles. The molecule has 0 bridgehead atoms. The Hall–Kier alpha value is -4.52. The van der Waals surface area contributed by atoms with Gasteiger partial charge in [-0.1, -0.05) is 41.9 Å². The van der Waals surface area contributed by atoms with E-state index in [0.717, 1.165) is 17.2 Å². The number of anilines is 1. The topological polar surface area (TPSA) is 109 Å². The second-order valence-corrected chi connectivity index (χ2v) is 11.7. The van der Waals surface area contributed by atoms with E-state index in [4.69, 9.17) is 23.2 Å². The van der Waals surface area contributed by atoms with Crippen LogP contribution in [0.5, 0.6) is 0 Å². The highest BCUT2D eigenvalue weighted by molar-refractivity contribution is 6.33. The van der Waals surface area contributed by atoms with Gasteiger partial charge in [-0.25, -0.2) is 5.84 Å². The lowest BCUT2D eigenvalue weighted by Crippen LogP contribution is -2.29. The number of alkyl halides is 3. The summed E-state index contributed by atoms with van der Waals surface area (Å²) in [4.78, 5) is 17.1. The minimum Gasteiger partial charge on any atom is -0.397 e. The van der Waals surface area contributed by atoms with Crippen LogP contribution in [0.1, 0.15) is 27.9 Å². The number of allylic oxidation sites excluding steroid dienone is 4. The van der Waals surface area contributed by atoms with Crippen LogP contribution in [0.25, 0.3) is 17.0 Å². The van der Waals surface area contributed by atoms with Gasteiger partial charge in [0, 0.05) is 72.1 Å². The number of aryl methyl sites for hydroxylation is 2. The number of carbonyl (C=O) groups excluding carboxylic acids is 1. The first-order valence-corrected chi connectivity index (χ1v) is 14.8. The molecule has 46 heavy (non-hydrogen) atoms. The maximum absolute atomic E-state index is 13.7. The largest absolute Gasteiger partial charge is 0.413 e. The number of benzene rings is 2. The smallest absolute Gasteiger partial charge is 0.397 e. The highest BCUT2D eigenvalue weighted by Crippen LogP contribution is 2.34. The van der Waals surface area contributed by atoms with Crippen LogP contribution < -0.4 is 21.9 Å². The summed E-state index contributed by atoms with van der Waals surface area (Å²) in [6, 6.07) is 12.3. The van der Waals surface area contributed by atoms with E-state index in [2.05, 4.69) is 10.4 Å². The van der Waals surface area contributed by atoms with Gasteiger partial charge >= 0.3 is 6.18 Å². The van der Waals surface area contributed by atoms with Gasteiger partial charge in [-0.3, -0.25) is 14.5 Å². The highest BCUT2D eigenvalue weighted by Gasteiger charge is 2.34. The number of hydrazine groups is 1. The summed E-state index contributed by atoms with van der Waals surface area (Å²) in [6.45, 7) is 2.96. The monoisotopic (exact) mass is 654 g/mol. The summed E-state index contributed by atoms with van der Waals surface area (Å²) in [5, 5.41) is 8.97. The summed E-state index contributed by atoms with van der Waals surface area (Å²) in [7, 11) is 7.27. The number of carbonyl (C=O) groups is 1. The fraction of sp³-hybridized carbons (Fsp3) is 0.273. The molecule has 3 aromatic rings. The normalized spacial score (nSPS) is 14.0. The van der Waals surface area contributed by atoms with Crippen molar-refractivity contribution in [1.82, 2.24) is 24.9 Å². The number of rotatable bonds is 10. The van der Waals surface area contributed by atoms with Crippen molar-refractivity contribution in [2.75, 3.05) is 39.2 Å². The molecule has 0 saturated heterocycles. The molecule has 1 heterocycles. The predicted octanol–water partition coefficient (Wildman–Crippen LogP) is 5.57. The van der Waals surface area contributed by atoms with Crippen molar-refractivity contribution < 1.29 is 18.0 Å². The Morgan fingerprint density at radius 3 is 2.52 bits per heavy atom. The van der Waals surface area contributed by atoms with E-state index in [9.17, 15) is 18.0 Å². The molecule has 0 atom stereocenters. The number of nitrogens with zero attached hydrogens (tertiary/aromatic N) is 5. The number of likely N-dealkylation sites (N-methyl/N-ethyl adjacent to an activating group) is 2. The second-order valence-electron chi connectivity index (χ2n) is 11.3. The molecule has 0 unspecified atom stereocenters. The van der Waals surface area contributed by atoms with E-state index in [1.807, 2.05) is 44.1 Å². The molecule has 1 amide bonds. The molecule has 2 aromatic carbocycles. The van der Waals surface area contributed by atoms with Crippen LogP contribution in [0.4, 0.5) is 18.9 Å². The van der Waals surface area contributed by atoms with Crippen LogP contribution in [0, 0.1) is 6.92 Å². The maximum atomic E-state index is 13.7. The van der Waals surface area contributed by atoms with Crippen LogP contribution in [0.3, 0.4) is 0 Å². The minimum absolute atomic E-state index is 0.256. The summed E-state index contributed by atoms with van der Waals surface area (Å²) in [6.07, 6.45) is 2.29. The Bertz CT molecular complexity index is 1720. The fourth-order valence-corrected chi connectivity index (χ4v) is 5.07. The number of aromatic nitrogens is 2. The quantitative estimate of drug-likeness (QED) is 0.194. The summed E-state index contributed by atoms with van der Waals surface area (Å²) in [5.74, 6) is 5.93. The standard InChI is InChI=1S/C33H38ClF3N8O/c1-21-10-11-22(32(46)41-24-13-12-23(33(35,36)37)17-25(18-24)43(4)15-14-42(2)3)16-30(21)45(39)20-29(38)27-19-40-44(5)31(27)26-8-6-7-9-28(26)34/h6-11,13,16-20H,12,14-15,38-39H2,1-5H3,(H,41,46)/b29-20-. The van der Waals surface area contributed by atoms with Crippen LogP contribution in [0.2, 0.25) is 5.02 Å². The van der Waals surface area contributed by atoms with Gasteiger partial charge in [0.05, 0.1) is 23.3 Å². The summed E-state index contributed by atoms with van der Waals surface area (Å²) in [5.41, 5.74) is 10.3. The Morgan fingerprint density at radius 2 is 1.85 bits per heavy atom. The average molecular weight is 655 g/mol. The third-order valence-corrected chi connectivity index (χ3v) is 7.85. The van der Waals surface area contributed by atoms with Crippen molar-refractivity contribution in [2.45, 2.75) is 19.5 Å². The maximum Gasteiger partial charge on any atom is 0.413 e. The third kappa shape index (κ3) is 8.19. The van der Waals surface area contributed by atoms with Crippen LogP contribution in [-0.4, -0.2) is 65.9 Å². The van der Waals surface area contributed by atoms with Gasteiger partial charge in [-0.05, 0) is 63.4 Å². The molecule has 0 aliphatic heterocycles. The zero-order valence-electron chi connectivity index (χ0n) is 26.4. The number of amides is 1. The van der Waals surface area contributed by atoms with Crippen molar-refractivity contribution >= 4 is 28.9 Å². The van der Waals surface area contributed by atoms with E-state index >= 15 is 0 Å². The molecule has 244 valence electrons. The number of hydrogen-bond acceptors (Lipinski definition) is 7. The molecule has 13 heteroatoms. The van der Waals surface area contributed by atoms with E-state index in [1.165, 1.54) is 17.3 Å². The van der Waals surface area contributed by atoms with Crippen molar-refractivity contribution in [3.05, 3.63) is 112 Å². The molecule has 0 spiro atoms. The molecule has 4 rings (SSSR count). The van der Waals surface area contributed by atoms with Crippen LogP contribution in [-0.2, 0) is 7.05 Å². The zero-order chi connectivity index (χ0) is 33.8. The summed E-state index contributed by atoms with van der Waals surface area (Å²) < 4.78 is 42.9. The van der Waals surface area contributed by atoms with E-state index < -0.39 is 17.7 Å². The number of hydrogen-bond donors (Lipinski definition) is 3. The van der Waals surface area contributed by atoms with E-state index in [-0.39, 0.29) is 17.7 Å². The molecule has 1 aliphatic rings. The van der Waals surface area contributed by atoms with Crippen molar-refractivity contribution in [3.8, 4) is 11.3 Å². The van der Waals surface area contributed by atoms with Gasteiger partial charge in [0.15, 0.2) is 0 Å². The molecule has 0 fully saturated rings. The lowest BCUT2D eigenvalue weighted by molar-refractivity contribution is -0.0930. The highest BCUT2D eigenvalue weighted by atomic mass is 35.5. The van der Waals surface area contributed by atoms with Gasteiger partial charge in [0.1, 0.15) is 0 Å². The Morgan fingerprint density at radius 1 is 1.13 bits per heavy atom. The molecular weight excluding hydrogens is 617 g/mol. The average Bonchev–Trinajstić information content (AvgIpc) is 3.23. The van der Waals surface area contributed by atoms with Crippen molar-refractivity contribution in [2.24, 2.45) is 18.6 Å². The predicted molar refractivity (Wildman–Crippen MR) is 177 cm³/mol. The third-order valence-electron chi connectivity index (χ3n) is 7.52. The molecule has 9 nitrogen and oxygen atoms in total. The van der Waals surface area contributed by atoms with Gasteiger partial charge in [0.2, 0.25) is 0 Å². The zero-order valence-corrected chi connectivity index (χ0v) is 27.1.